The third kappa shape index (κ3) is 3.86. The Morgan fingerprint density at radius 1 is 1.42 bits per heavy atom. The third-order valence-corrected chi connectivity index (χ3v) is 3.44. The number of hydrogen-bond acceptors (Lipinski definition) is 3. The van der Waals surface area contributed by atoms with Crippen LogP contribution in [-0.4, -0.2) is 23.0 Å². The van der Waals surface area contributed by atoms with E-state index >= 15 is 0 Å². The van der Waals surface area contributed by atoms with Gasteiger partial charge in [-0.3, -0.25) is 0 Å². The van der Waals surface area contributed by atoms with Crippen molar-refractivity contribution in [1.82, 2.24) is 9.97 Å². The third-order valence-electron chi connectivity index (χ3n) is 3.26. The van der Waals surface area contributed by atoms with Crippen molar-refractivity contribution in [3.63, 3.8) is 0 Å². The topological polar surface area (TPSA) is 35.0 Å². The molecule has 0 N–H and O–H groups in total. The molecule has 0 saturated heterocycles. The highest BCUT2D eigenvalue weighted by Crippen LogP contribution is 2.37. The predicted molar refractivity (Wildman–Crippen MR) is 69.5 cm³/mol. The van der Waals surface area contributed by atoms with Crippen molar-refractivity contribution in [3.8, 4) is 5.75 Å². The van der Waals surface area contributed by atoms with Crippen molar-refractivity contribution in [2.45, 2.75) is 31.6 Å². The molecule has 1 aliphatic carbocycles. The van der Waals surface area contributed by atoms with E-state index in [1.807, 2.05) is 6.08 Å². The van der Waals surface area contributed by atoms with Crippen molar-refractivity contribution in [3.05, 3.63) is 23.3 Å². The molecule has 0 radical (unpaired) electrons. The summed E-state index contributed by atoms with van der Waals surface area (Å²) in [6.07, 6.45) is 6.03. The van der Waals surface area contributed by atoms with E-state index in [1.165, 1.54) is 13.3 Å². The first-order valence-electron chi connectivity index (χ1n) is 6.13. The first-order valence-corrected chi connectivity index (χ1v) is 6.50. The number of rotatable bonds is 3. The van der Waals surface area contributed by atoms with E-state index in [4.69, 9.17) is 16.3 Å². The fourth-order valence-corrected chi connectivity index (χ4v) is 2.26. The Hall–Kier alpha value is -1.23. The maximum absolute atomic E-state index is 13.0. The second kappa shape index (κ2) is 5.82. The van der Waals surface area contributed by atoms with Crippen LogP contribution >= 0.6 is 11.6 Å². The molecule has 0 amide bonds. The van der Waals surface area contributed by atoms with E-state index < -0.39 is 5.92 Å². The summed E-state index contributed by atoms with van der Waals surface area (Å²) in [7, 11) is 1.52. The van der Waals surface area contributed by atoms with Crippen LogP contribution in [0.15, 0.2) is 12.3 Å². The van der Waals surface area contributed by atoms with Crippen LogP contribution in [0.25, 0.3) is 6.08 Å². The van der Waals surface area contributed by atoms with Crippen LogP contribution in [0, 0.1) is 5.92 Å². The highest BCUT2D eigenvalue weighted by molar-refractivity contribution is 6.28. The van der Waals surface area contributed by atoms with Gasteiger partial charge in [0.05, 0.1) is 13.3 Å². The molecule has 0 spiro atoms. The maximum atomic E-state index is 13.0. The summed E-state index contributed by atoms with van der Waals surface area (Å²) < 4.78 is 31.2. The Balaban J connectivity index is 2.05. The number of ether oxygens (including phenoxy) is 1. The summed E-state index contributed by atoms with van der Waals surface area (Å²) in [5.41, 5.74) is 0.569. The van der Waals surface area contributed by atoms with E-state index in [9.17, 15) is 8.78 Å². The molecule has 1 aromatic rings. The van der Waals surface area contributed by atoms with E-state index in [1.54, 1.807) is 6.08 Å². The molecule has 0 aliphatic heterocycles. The van der Waals surface area contributed by atoms with Crippen molar-refractivity contribution in [2.24, 2.45) is 5.92 Å². The van der Waals surface area contributed by atoms with Gasteiger partial charge in [0.25, 0.3) is 0 Å². The fourth-order valence-electron chi connectivity index (χ4n) is 2.12. The second-order valence-corrected chi connectivity index (χ2v) is 4.98. The minimum atomic E-state index is -2.50. The van der Waals surface area contributed by atoms with Crippen LogP contribution in [0.5, 0.6) is 5.75 Å². The number of allylic oxidation sites excluding steroid dienone is 1. The van der Waals surface area contributed by atoms with Gasteiger partial charge in [0.1, 0.15) is 5.69 Å². The minimum Gasteiger partial charge on any atom is -0.493 e. The molecule has 0 bridgehead atoms. The lowest BCUT2D eigenvalue weighted by molar-refractivity contribution is -0.0410. The summed E-state index contributed by atoms with van der Waals surface area (Å²) in [6.45, 7) is 0. The van der Waals surface area contributed by atoms with Gasteiger partial charge in [0.2, 0.25) is 11.2 Å². The molecule has 0 unspecified atom stereocenters. The van der Waals surface area contributed by atoms with Crippen LogP contribution in [0.3, 0.4) is 0 Å². The van der Waals surface area contributed by atoms with Crippen LogP contribution in [-0.2, 0) is 0 Å². The Kier molecular flexibility index (Phi) is 4.34. The molecular formula is C13H15ClF2N2O. The molecule has 0 atom stereocenters. The lowest BCUT2D eigenvalue weighted by Crippen LogP contribution is -2.23. The second-order valence-electron chi connectivity index (χ2n) is 4.65. The predicted octanol–water partition coefficient (Wildman–Crippen LogP) is 3.98. The van der Waals surface area contributed by atoms with Crippen molar-refractivity contribution < 1.29 is 13.5 Å². The smallest absolute Gasteiger partial charge is 0.248 e. The summed E-state index contributed by atoms with van der Waals surface area (Å²) in [5.74, 6) is -1.83. The van der Waals surface area contributed by atoms with Gasteiger partial charge < -0.3 is 4.74 Å². The van der Waals surface area contributed by atoms with Crippen molar-refractivity contribution >= 4 is 17.7 Å². The molecule has 1 saturated carbocycles. The standard InChI is InChI=1S/C13H15ClF2N2O/c1-19-11-8-17-12(14)18-10(11)3-2-9-4-6-13(15,16)7-5-9/h2-3,8-9H,4-7H2,1H3. The Morgan fingerprint density at radius 3 is 2.74 bits per heavy atom. The first-order chi connectivity index (χ1) is 9.00. The number of methoxy groups -OCH3 is 1. The highest BCUT2D eigenvalue weighted by atomic mass is 35.5. The molecular weight excluding hydrogens is 274 g/mol. The van der Waals surface area contributed by atoms with Crippen LogP contribution in [0.4, 0.5) is 8.78 Å². The van der Waals surface area contributed by atoms with Crippen molar-refractivity contribution in [1.29, 1.82) is 0 Å². The number of aromatic nitrogens is 2. The zero-order chi connectivity index (χ0) is 13.9. The van der Waals surface area contributed by atoms with Crippen LogP contribution in [0.1, 0.15) is 31.4 Å². The van der Waals surface area contributed by atoms with E-state index in [2.05, 4.69) is 9.97 Å². The zero-order valence-corrected chi connectivity index (χ0v) is 11.3. The van der Waals surface area contributed by atoms with Crippen LogP contribution in [0.2, 0.25) is 5.28 Å². The van der Waals surface area contributed by atoms with E-state index in [0.29, 0.717) is 24.3 Å². The van der Waals surface area contributed by atoms with Crippen molar-refractivity contribution in [2.75, 3.05) is 7.11 Å². The SMILES string of the molecule is COc1cnc(Cl)nc1C=CC1CCC(F)(F)CC1. The molecule has 1 fully saturated rings. The Morgan fingerprint density at radius 2 is 2.11 bits per heavy atom. The van der Waals surface area contributed by atoms with Gasteiger partial charge in [-0.2, -0.15) is 0 Å². The van der Waals surface area contributed by atoms with Gasteiger partial charge in [0, 0.05) is 12.8 Å². The van der Waals surface area contributed by atoms with E-state index in [-0.39, 0.29) is 24.0 Å². The number of halogens is 3. The van der Waals surface area contributed by atoms with Gasteiger partial charge in [-0.1, -0.05) is 6.08 Å². The molecule has 1 aromatic heterocycles. The first kappa shape index (κ1) is 14.2. The van der Waals surface area contributed by atoms with Gasteiger partial charge in [-0.25, -0.2) is 18.7 Å². The molecule has 19 heavy (non-hydrogen) atoms. The molecule has 2 rings (SSSR count). The molecule has 1 heterocycles. The molecule has 6 heteroatoms. The van der Waals surface area contributed by atoms with E-state index in [0.717, 1.165) is 0 Å². The average Bonchev–Trinajstić information content (AvgIpc) is 2.38. The minimum absolute atomic E-state index is 0.0519. The summed E-state index contributed by atoms with van der Waals surface area (Å²) in [5, 5.41) is 0.135. The largest absolute Gasteiger partial charge is 0.493 e. The average molecular weight is 289 g/mol. The number of nitrogens with zero attached hydrogens (tertiary/aromatic N) is 2. The number of hydrogen-bond donors (Lipinski definition) is 0. The van der Waals surface area contributed by atoms with Gasteiger partial charge >= 0.3 is 0 Å². The highest BCUT2D eigenvalue weighted by Gasteiger charge is 2.33. The van der Waals surface area contributed by atoms with Gasteiger partial charge in [-0.05, 0) is 36.4 Å². The Labute approximate surface area is 115 Å². The van der Waals surface area contributed by atoms with Crippen LogP contribution < -0.4 is 4.74 Å². The summed E-state index contributed by atoms with van der Waals surface area (Å²) in [6, 6.07) is 0. The summed E-state index contributed by atoms with van der Waals surface area (Å²) >= 11 is 5.72. The summed E-state index contributed by atoms with van der Waals surface area (Å²) in [4.78, 5) is 7.87. The zero-order valence-electron chi connectivity index (χ0n) is 10.6. The Bertz CT molecular complexity index is 470. The molecule has 0 aromatic carbocycles. The lowest BCUT2D eigenvalue weighted by Gasteiger charge is -2.26. The molecule has 104 valence electrons. The monoisotopic (exact) mass is 288 g/mol. The quantitative estimate of drug-likeness (QED) is 0.789. The molecule has 3 nitrogen and oxygen atoms in total. The fraction of sp³-hybridized carbons (Fsp3) is 0.538. The van der Waals surface area contributed by atoms with Gasteiger partial charge in [0.15, 0.2) is 5.75 Å². The lowest BCUT2D eigenvalue weighted by atomic mass is 9.86. The maximum Gasteiger partial charge on any atom is 0.248 e. The number of alkyl halides is 2. The van der Waals surface area contributed by atoms with Gasteiger partial charge in [-0.15, -0.1) is 0 Å². The molecule has 1 aliphatic rings. The normalized spacial score (nSPS) is 19.8.